The van der Waals surface area contributed by atoms with Crippen molar-refractivity contribution >= 4 is 29.1 Å². The molecule has 3 aromatic carbocycles. The third-order valence-corrected chi connectivity index (χ3v) is 16.0. The summed E-state index contributed by atoms with van der Waals surface area (Å²) in [6.07, 6.45) is -0.390. The Hall–Kier alpha value is -5.05. The van der Waals surface area contributed by atoms with E-state index < -0.39 is 63.6 Å². The molecule has 2 bridgehead atoms. The number of urea groups is 1. The van der Waals surface area contributed by atoms with Crippen molar-refractivity contribution in [3.05, 3.63) is 131 Å². The number of hydrogen-bond acceptors (Lipinski definition) is 6. The minimum absolute atomic E-state index is 0.0111. The van der Waals surface area contributed by atoms with Crippen LogP contribution in [0.25, 0.3) is 11.3 Å². The summed E-state index contributed by atoms with van der Waals surface area (Å²) in [5.41, 5.74) is -3.92. The average Bonchev–Trinajstić information content (AvgIpc) is 3.83. The minimum atomic E-state index is -4.89. The maximum atomic E-state index is 15.2. The molecule has 8 atom stereocenters. The number of carbonyl (C=O) groups is 2. The molecule has 2 amide bonds. The zero-order valence-corrected chi connectivity index (χ0v) is 35.8. The Kier molecular flexibility index (Phi) is 10.5. The van der Waals surface area contributed by atoms with Gasteiger partial charge in [0.15, 0.2) is 5.76 Å². The number of nitrogens with one attached hydrogen (secondary N) is 1. The molecule has 10 rings (SSSR count). The van der Waals surface area contributed by atoms with Crippen molar-refractivity contribution in [2.45, 2.75) is 89.6 Å². The Morgan fingerprint density at radius 3 is 2.27 bits per heavy atom. The number of rotatable bonds is 9. The lowest BCUT2D eigenvalue weighted by Gasteiger charge is -2.71. The summed E-state index contributed by atoms with van der Waals surface area (Å²) in [6.45, 7) is 4.02. The number of allylic oxidation sites excluding steroid dienone is 4. The number of aliphatic hydroxyl groups excluding tert-OH is 1. The highest BCUT2D eigenvalue weighted by molar-refractivity contribution is 6.33. The number of halogens is 7. The number of Topliss-reactive ketones (excluding diaryl/α,β-unsaturated/α-hetero) is 1. The van der Waals surface area contributed by atoms with Crippen LogP contribution in [0, 0.1) is 33.5 Å². The summed E-state index contributed by atoms with van der Waals surface area (Å²) >= 11 is 6.38. The molecule has 6 aliphatic carbocycles. The topological polar surface area (TPSA) is 112 Å². The molecule has 2 spiro atoms. The second-order valence-electron chi connectivity index (χ2n) is 18.8. The SMILES string of the molecule is C[C@]12CC[C@H]3[C@]4(C=C[C@@]5(C=C4C(=O)c4ccc(-c6cc(C(F)(F)F)ccc6Cl)o4)CC(O)CC[C@]35C)[C@@H]1CC[C@@]2(O)CN(Cc1ccc(OC(F)(F)F)cc1)C(=O)Nc1ccccc1. The molecule has 1 aromatic heterocycles. The predicted octanol–water partition coefficient (Wildman–Crippen LogP) is 12.0. The highest BCUT2D eigenvalue weighted by atomic mass is 35.5. The van der Waals surface area contributed by atoms with Crippen molar-refractivity contribution in [2.75, 3.05) is 11.9 Å². The molecule has 8 nitrogen and oxygen atoms in total. The second kappa shape index (κ2) is 15.3. The van der Waals surface area contributed by atoms with E-state index in [0.717, 1.165) is 18.2 Å². The number of hydrogen-bond donors (Lipinski definition) is 3. The summed E-state index contributed by atoms with van der Waals surface area (Å²) in [6, 6.07) is 19.2. The van der Waals surface area contributed by atoms with Crippen LogP contribution in [0.4, 0.5) is 36.8 Å². The van der Waals surface area contributed by atoms with E-state index in [9.17, 15) is 41.4 Å². The number of aliphatic hydroxyl groups is 2. The fraction of sp³-hybridized carbons (Fsp3) is 0.429. The first-order chi connectivity index (χ1) is 30.1. The lowest BCUT2D eigenvalue weighted by molar-refractivity contribution is -0.274. The van der Waals surface area contributed by atoms with Gasteiger partial charge in [0.25, 0.3) is 0 Å². The summed E-state index contributed by atoms with van der Waals surface area (Å²) < 4.78 is 90.3. The van der Waals surface area contributed by atoms with Gasteiger partial charge in [0.05, 0.1) is 28.8 Å². The van der Waals surface area contributed by atoms with Gasteiger partial charge in [-0.25, -0.2) is 4.79 Å². The fourth-order valence-electron chi connectivity index (χ4n) is 12.5. The van der Waals surface area contributed by atoms with Gasteiger partial charge in [0.1, 0.15) is 11.5 Å². The van der Waals surface area contributed by atoms with Crippen molar-refractivity contribution < 1.29 is 55.3 Å². The average molecular weight is 909 g/mol. The van der Waals surface area contributed by atoms with Crippen LogP contribution in [0.3, 0.4) is 0 Å². The molecule has 3 fully saturated rings. The monoisotopic (exact) mass is 908 g/mol. The Labute approximate surface area is 370 Å². The molecule has 4 aromatic rings. The lowest BCUT2D eigenvalue weighted by Crippen LogP contribution is -2.67. The van der Waals surface area contributed by atoms with Crippen LogP contribution in [-0.2, 0) is 12.7 Å². The third kappa shape index (κ3) is 7.15. The normalized spacial score (nSPS) is 31.7. The number of ketones is 1. The van der Waals surface area contributed by atoms with Gasteiger partial charge in [-0.1, -0.05) is 74.0 Å². The number of anilines is 1. The van der Waals surface area contributed by atoms with E-state index >= 15 is 4.79 Å². The molecule has 0 radical (unpaired) electrons. The van der Waals surface area contributed by atoms with Gasteiger partial charge in [0, 0.05) is 39.6 Å². The van der Waals surface area contributed by atoms with E-state index in [4.69, 9.17) is 16.0 Å². The highest BCUT2D eigenvalue weighted by Crippen LogP contribution is 2.78. The Morgan fingerprint density at radius 2 is 1.56 bits per heavy atom. The van der Waals surface area contributed by atoms with Gasteiger partial charge < -0.3 is 29.6 Å². The second-order valence-corrected chi connectivity index (χ2v) is 19.2. The number of fused-ring (bicyclic) bond motifs is 1. The number of benzene rings is 3. The molecule has 0 saturated heterocycles. The summed E-state index contributed by atoms with van der Waals surface area (Å²) in [7, 11) is 0. The van der Waals surface area contributed by atoms with E-state index in [1.807, 2.05) is 13.0 Å². The number of furan rings is 1. The summed E-state index contributed by atoms with van der Waals surface area (Å²) in [5.74, 6) is -1.42. The molecule has 1 heterocycles. The zero-order valence-electron chi connectivity index (χ0n) is 35.0. The highest BCUT2D eigenvalue weighted by Gasteiger charge is 2.74. The predicted molar refractivity (Wildman–Crippen MR) is 226 cm³/mol. The van der Waals surface area contributed by atoms with Crippen LogP contribution in [0.5, 0.6) is 5.75 Å². The molecular formula is C49H47ClF6N2O6. The number of amides is 2. The first-order valence-corrected chi connectivity index (χ1v) is 21.8. The molecule has 15 heteroatoms. The molecule has 0 aliphatic heterocycles. The Morgan fingerprint density at radius 1 is 0.875 bits per heavy atom. The standard InChI is InChI=1S/C49H47ClF6N2O6/c1-43-19-16-32(59)25-45(43)22-23-47(35(26-45)41(60)38-15-14-37(63-38)34-24-30(48(51,52)53)10-13-36(34)50)39(43)17-20-44(2)40(47)18-21-46(44,62)28-58(42(61)57-31-6-4-3-5-7-31)27-29-8-11-33(12-9-29)64-49(54,55)56/h3-15,22-24,26,32,39-40,59,62H,16-21,25,27-28H2,1-2H3,(H,57,61)/t32?,39-,40-,43-,44+,45+,46-,47-/m1/s1. The largest absolute Gasteiger partial charge is 0.573 e. The van der Waals surface area contributed by atoms with Gasteiger partial charge in [-0.05, 0) is 122 Å². The van der Waals surface area contributed by atoms with Crippen LogP contribution < -0.4 is 10.1 Å². The number of alkyl halides is 6. The van der Waals surface area contributed by atoms with E-state index in [1.165, 1.54) is 41.3 Å². The van der Waals surface area contributed by atoms with Crippen molar-refractivity contribution in [1.29, 1.82) is 0 Å². The number of para-hydroxylation sites is 1. The van der Waals surface area contributed by atoms with Crippen LogP contribution in [0.1, 0.15) is 80.5 Å². The molecular weight excluding hydrogens is 862 g/mol. The maximum absolute atomic E-state index is 15.2. The van der Waals surface area contributed by atoms with E-state index in [2.05, 4.69) is 29.1 Å². The Bertz CT molecular complexity index is 2540. The van der Waals surface area contributed by atoms with E-state index in [1.54, 1.807) is 30.3 Å². The van der Waals surface area contributed by atoms with Crippen LogP contribution in [0.2, 0.25) is 5.02 Å². The van der Waals surface area contributed by atoms with Crippen LogP contribution in [0.15, 0.2) is 113 Å². The van der Waals surface area contributed by atoms with E-state index in [0.29, 0.717) is 55.3 Å². The Balaban J connectivity index is 1.08. The van der Waals surface area contributed by atoms with Gasteiger partial charge in [-0.3, -0.25) is 4.79 Å². The lowest BCUT2D eigenvalue weighted by atomic mass is 9.32. The first-order valence-electron chi connectivity index (χ1n) is 21.4. The summed E-state index contributed by atoms with van der Waals surface area (Å²) in [4.78, 5) is 30.9. The number of nitrogens with zero attached hydrogens (tertiary/aromatic N) is 1. The number of ether oxygens (including phenoxy) is 1. The van der Waals surface area contributed by atoms with Gasteiger partial charge in [0.2, 0.25) is 5.78 Å². The van der Waals surface area contributed by atoms with Gasteiger partial charge in [-0.15, -0.1) is 13.2 Å². The molecule has 6 aliphatic rings. The minimum Gasteiger partial charge on any atom is -0.453 e. The number of carbonyl (C=O) groups excluding carboxylic acids is 2. The smallest absolute Gasteiger partial charge is 0.453 e. The molecule has 1 unspecified atom stereocenters. The van der Waals surface area contributed by atoms with Gasteiger partial charge >= 0.3 is 18.6 Å². The van der Waals surface area contributed by atoms with Crippen molar-refractivity contribution in [3.8, 4) is 17.1 Å². The van der Waals surface area contributed by atoms with Crippen LogP contribution in [-0.4, -0.2) is 51.5 Å². The maximum Gasteiger partial charge on any atom is 0.573 e. The molecule has 3 saturated carbocycles. The quantitative estimate of drug-likeness (QED) is 0.0876. The van der Waals surface area contributed by atoms with Crippen molar-refractivity contribution in [2.24, 2.45) is 33.5 Å². The first kappa shape index (κ1) is 44.2. The fourth-order valence-corrected chi connectivity index (χ4v) is 12.7. The van der Waals surface area contributed by atoms with E-state index in [-0.39, 0.29) is 58.9 Å². The molecule has 338 valence electrons. The molecule has 3 N–H and O–H groups in total. The molecule has 64 heavy (non-hydrogen) atoms. The van der Waals surface area contributed by atoms with Crippen LogP contribution >= 0.6 is 11.6 Å². The van der Waals surface area contributed by atoms with Crippen molar-refractivity contribution in [1.82, 2.24) is 4.90 Å². The zero-order chi connectivity index (χ0) is 45.7. The third-order valence-electron chi connectivity index (χ3n) is 15.6. The summed E-state index contributed by atoms with van der Waals surface area (Å²) in [5, 5.41) is 27.2. The van der Waals surface area contributed by atoms with Gasteiger partial charge in [-0.2, -0.15) is 13.2 Å². The van der Waals surface area contributed by atoms with Crippen molar-refractivity contribution in [3.63, 3.8) is 0 Å².